The minimum atomic E-state index is -3.95. The van der Waals surface area contributed by atoms with Crippen LogP contribution in [0.15, 0.2) is 65.1 Å². The van der Waals surface area contributed by atoms with Crippen molar-refractivity contribution in [2.24, 2.45) is 0 Å². The molecule has 0 bridgehead atoms. The molecule has 1 aliphatic rings. The van der Waals surface area contributed by atoms with Gasteiger partial charge in [-0.05, 0) is 67.8 Å². The van der Waals surface area contributed by atoms with Crippen molar-refractivity contribution in [1.82, 2.24) is 10.2 Å². The summed E-state index contributed by atoms with van der Waals surface area (Å²) in [6.07, 6.45) is 2.81. The molecule has 1 aromatic heterocycles. The zero-order chi connectivity index (χ0) is 30.2. The highest BCUT2D eigenvalue weighted by molar-refractivity contribution is 7.92. The van der Waals surface area contributed by atoms with Crippen molar-refractivity contribution in [2.45, 2.75) is 25.8 Å². The number of halogens is 2. The monoisotopic (exact) mass is 595 g/mol. The van der Waals surface area contributed by atoms with Gasteiger partial charge in [-0.3, -0.25) is 13.9 Å². The lowest BCUT2D eigenvalue weighted by Gasteiger charge is -2.25. The average Bonchev–Trinajstić information content (AvgIpc) is 3.57. The van der Waals surface area contributed by atoms with Crippen LogP contribution in [0.1, 0.15) is 40.5 Å². The van der Waals surface area contributed by atoms with Gasteiger partial charge in [0, 0.05) is 47.8 Å². The third kappa shape index (κ3) is 5.48. The number of alkyl halides is 1. The number of amides is 2. The highest BCUT2D eigenvalue weighted by Crippen LogP contribution is 2.42. The van der Waals surface area contributed by atoms with E-state index in [0.717, 1.165) is 23.4 Å². The van der Waals surface area contributed by atoms with E-state index in [2.05, 4.69) is 5.32 Å². The first-order valence-electron chi connectivity index (χ1n) is 13.6. The number of fused-ring (bicyclic) bond motifs is 1. The molecule has 2 amide bonds. The molecule has 0 spiro atoms. The number of rotatable bonds is 8. The van der Waals surface area contributed by atoms with Crippen molar-refractivity contribution in [1.29, 1.82) is 0 Å². The summed E-state index contributed by atoms with van der Waals surface area (Å²) in [7, 11) is -2.49. The Morgan fingerprint density at radius 1 is 1.10 bits per heavy atom. The fourth-order valence-electron chi connectivity index (χ4n) is 5.49. The molecule has 1 unspecified atom stereocenters. The zero-order valence-electron chi connectivity index (χ0n) is 23.5. The highest BCUT2D eigenvalue weighted by Gasteiger charge is 2.29. The zero-order valence-corrected chi connectivity index (χ0v) is 24.3. The van der Waals surface area contributed by atoms with Crippen LogP contribution in [0.3, 0.4) is 0 Å². The van der Waals surface area contributed by atoms with E-state index in [1.54, 1.807) is 30.3 Å². The Morgan fingerprint density at radius 3 is 2.45 bits per heavy atom. The number of carbonyl (C=O) groups excluding carboxylic acids is 2. The van der Waals surface area contributed by atoms with E-state index in [4.69, 9.17) is 4.42 Å². The summed E-state index contributed by atoms with van der Waals surface area (Å²) in [6.45, 7) is 1.25. The standard InChI is InChI=1S/C31H31F2N3O5S/c1-19-6-5-14-35(19)31(38)22-8-4-7-21(16-22)24-17-25-27(18-26(24)36(15-13-32)42(3,39)40)41-29(28(25)30(37)34-2)20-9-11-23(33)12-10-20/h4,7-12,16-19H,5-6,13-15H2,1-3H3,(H,34,37). The first-order chi connectivity index (χ1) is 20.0. The molecule has 2 heterocycles. The van der Waals surface area contributed by atoms with Gasteiger partial charge in [-0.15, -0.1) is 0 Å². The summed E-state index contributed by atoms with van der Waals surface area (Å²) < 4.78 is 60.2. The summed E-state index contributed by atoms with van der Waals surface area (Å²) in [5.74, 6) is -0.909. The number of nitrogens with zero attached hydrogens (tertiary/aromatic N) is 2. The first-order valence-corrected chi connectivity index (χ1v) is 15.4. The molecule has 1 N–H and O–H groups in total. The topological polar surface area (TPSA) is 99.9 Å². The quantitative estimate of drug-likeness (QED) is 0.285. The lowest BCUT2D eigenvalue weighted by Crippen LogP contribution is -2.33. The van der Waals surface area contributed by atoms with Gasteiger partial charge in [0.15, 0.2) is 0 Å². The fraction of sp³-hybridized carbons (Fsp3) is 0.290. The third-order valence-corrected chi connectivity index (χ3v) is 8.74. The molecule has 1 fully saturated rings. The molecule has 8 nitrogen and oxygen atoms in total. The van der Waals surface area contributed by atoms with Crippen molar-refractivity contribution in [3.8, 4) is 22.5 Å². The molecule has 1 aliphatic heterocycles. The predicted molar refractivity (Wildman–Crippen MR) is 158 cm³/mol. The highest BCUT2D eigenvalue weighted by atomic mass is 32.2. The van der Waals surface area contributed by atoms with E-state index in [1.165, 1.54) is 37.4 Å². The van der Waals surface area contributed by atoms with Crippen molar-refractivity contribution in [3.05, 3.63) is 77.6 Å². The van der Waals surface area contributed by atoms with Crippen molar-refractivity contribution < 1.29 is 31.2 Å². The molecule has 1 atom stereocenters. The lowest BCUT2D eigenvalue weighted by molar-refractivity contribution is 0.0747. The van der Waals surface area contributed by atoms with Gasteiger partial charge in [-0.2, -0.15) is 0 Å². The second-order valence-corrected chi connectivity index (χ2v) is 12.3. The summed E-state index contributed by atoms with van der Waals surface area (Å²) in [5, 5.41) is 2.97. The number of hydrogen-bond donors (Lipinski definition) is 1. The molecule has 5 rings (SSSR count). The van der Waals surface area contributed by atoms with Crippen LogP contribution >= 0.6 is 0 Å². The van der Waals surface area contributed by atoms with Gasteiger partial charge >= 0.3 is 0 Å². The van der Waals surface area contributed by atoms with E-state index in [-0.39, 0.29) is 34.5 Å². The molecule has 0 saturated carbocycles. The van der Waals surface area contributed by atoms with Gasteiger partial charge < -0.3 is 14.6 Å². The number of benzene rings is 3. The van der Waals surface area contributed by atoms with E-state index < -0.39 is 35.0 Å². The van der Waals surface area contributed by atoms with Gasteiger partial charge in [-0.25, -0.2) is 17.2 Å². The average molecular weight is 596 g/mol. The predicted octanol–water partition coefficient (Wildman–Crippen LogP) is 5.63. The summed E-state index contributed by atoms with van der Waals surface area (Å²) >= 11 is 0. The Bertz CT molecular complexity index is 1770. The van der Waals surface area contributed by atoms with Gasteiger partial charge in [0.25, 0.3) is 11.8 Å². The number of anilines is 1. The maximum Gasteiger partial charge on any atom is 0.255 e. The fourth-order valence-corrected chi connectivity index (χ4v) is 6.40. The molecular formula is C31H31F2N3O5S. The van der Waals surface area contributed by atoms with Crippen molar-refractivity contribution in [2.75, 3.05) is 37.4 Å². The Kier molecular flexibility index (Phi) is 8.05. The second kappa shape index (κ2) is 11.6. The molecular weight excluding hydrogens is 564 g/mol. The summed E-state index contributed by atoms with van der Waals surface area (Å²) in [6, 6.07) is 15.4. The van der Waals surface area contributed by atoms with Crippen LogP contribution in [0, 0.1) is 5.82 Å². The molecule has 3 aromatic carbocycles. The lowest BCUT2D eigenvalue weighted by atomic mass is 9.97. The molecule has 4 aromatic rings. The molecule has 42 heavy (non-hydrogen) atoms. The number of sulfonamides is 1. The number of carbonyl (C=O) groups is 2. The minimum Gasteiger partial charge on any atom is -0.455 e. The van der Waals surface area contributed by atoms with Crippen molar-refractivity contribution in [3.63, 3.8) is 0 Å². The third-order valence-electron chi connectivity index (χ3n) is 7.56. The van der Waals surface area contributed by atoms with E-state index in [0.29, 0.717) is 34.2 Å². The van der Waals surface area contributed by atoms with E-state index in [1.807, 2.05) is 11.8 Å². The van der Waals surface area contributed by atoms with Crippen LogP contribution in [0.5, 0.6) is 0 Å². The normalized spacial score (nSPS) is 15.3. The summed E-state index contributed by atoms with van der Waals surface area (Å²) in [4.78, 5) is 28.3. The Morgan fingerprint density at radius 2 is 1.83 bits per heavy atom. The number of nitrogens with one attached hydrogen (secondary N) is 1. The van der Waals surface area contributed by atoms with Crippen LogP contribution in [0.25, 0.3) is 33.4 Å². The number of furan rings is 1. The molecule has 11 heteroatoms. The second-order valence-electron chi connectivity index (χ2n) is 10.4. The molecule has 220 valence electrons. The SMILES string of the molecule is CNC(=O)c1c(-c2ccc(F)cc2)oc2cc(N(CCF)S(C)(=O)=O)c(-c3cccc(C(=O)N4CCCC4C)c3)cc12. The van der Waals surface area contributed by atoms with Crippen LogP contribution in [0.4, 0.5) is 14.5 Å². The summed E-state index contributed by atoms with van der Waals surface area (Å²) in [5.41, 5.74) is 2.20. The van der Waals surface area contributed by atoms with Crippen molar-refractivity contribution >= 4 is 38.5 Å². The van der Waals surface area contributed by atoms with Crippen LogP contribution in [-0.2, 0) is 10.0 Å². The van der Waals surface area contributed by atoms with Gasteiger partial charge in [0.05, 0.1) is 24.1 Å². The largest absolute Gasteiger partial charge is 0.455 e. The first kappa shape index (κ1) is 29.2. The maximum absolute atomic E-state index is 13.7. The van der Waals surface area contributed by atoms with Crippen LogP contribution in [-0.4, -0.2) is 64.2 Å². The number of hydrogen-bond acceptors (Lipinski definition) is 5. The van der Waals surface area contributed by atoms with Gasteiger partial charge in [0.2, 0.25) is 10.0 Å². The maximum atomic E-state index is 13.7. The van der Waals surface area contributed by atoms with E-state index in [9.17, 15) is 26.8 Å². The Labute approximate surface area is 243 Å². The molecule has 1 saturated heterocycles. The molecule has 0 radical (unpaired) electrons. The van der Waals surface area contributed by atoms with Gasteiger partial charge in [-0.1, -0.05) is 12.1 Å². The smallest absolute Gasteiger partial charge is 0.255 e. The van der Waals surface area contributed by atoms with Gasteiger partial charge in [0.1, 0.15) is 23.8 Å². The Hall–Kier alpha value is -4.25. The molecule has 0 aliphatic carbocycles. The number of likely N-dealkylation sites (tertiary alicyclic amines) is 1. The Balaban J connectivity index is 1.78. The van der Waals surface area contributed by atoms with Crippen LogP contribution < -0.4 is 9.62 Å². The minimum absolute atomic E-state index is 0.101. The van der Waals surface area contributed by atoms with Crippen LogP contribution in [0.2, 0.25) is 0 Å². The van der Waals surface area contributed by atoms with E-state index >= 15 is 0 Å².